The maximum absolute atomic E-state index is 13.0. The number of hydrogen-bond donors (Lipinski definition) is 3. The number of amides is 1. The van der Waals surface area contributed by atoms with Gasteiger partial charge >= 0.3 is 12.1 Å². The summed E-state index contributed by atoms with van der Waals surface area (Å²) in [6.07, 6.45) is 2.17. The van der Waals surface area contributed by atoms with Crippen molar-refractivity contribution in [3.05, 3.63) is 53.7 Å². The average Bonchev–Trinajstić information content (AvgIpc) is 3.37. The van der Waals surface area contributed by atoms with E-state index in [1.807, 2.05) is 24.1 Å². The van der Waals surface area contributed by atoms with Crippen molar-refractivity contribution < 1.29 is 27.9 Å². The lowest BCUT2D eigenvalue weighted by molar-refractivity contribution is -0.192. The maximum atomic E-state index is 13.0. The third kappa shape index (κ3) is 5.09. The van der Waals surface area contributed by atoms with Gasteiger partial charge in [-0.1, -0.05) is 12.1 Å². The minimum atomic E-state index is -5.08. The lowest BCUT2D eigenvalue weighted by Crippen LogP contribution is -2.46. The molecule has 0 spiro atoms. The minimum Gasteiger partial charge on any atom is -0.475 e. The van der Waals surface area contributed by atoms with Crippen molar-refractivity contribution in [3.63, 3.8) is 0 Å². The van der Waals surface area contributed by atoms with E-state index >= 15 is 0 Å². The molecule has 11 heteroatoms. The molecule has 2 aliphatic rings. The summed E-state index contributed by atoms with van der Waals surface area (Å²) >= 11 is 0. The summed E-state index contributed by atoms with van der Waals surface area (Å²) < 4.78 is 33.8. The average molecular weight is 477 g/mol. The highest BCUT2D eigenvalue weighted by atomic mass is 19.4. The fourth-order valence-electron chi connectivity index (χ4n) is 4.39. The standard InChI is InChI=1S/C21H25N5O.C2HF3O2/c1-25-13-23-19-12-26(10-14-4-2-7-18-16(14)8-9-22-18)11-17(20(19)25)21(27)24-15-5-3-6-15;3-2(4,5)1(6)7/h2,4,7-9,13,15,17,22H,3,5-6,10-12H2,1H3,(H,24,27);(H,6,7). The Morgan fingerprint density at radius 3 is 2.65 bits per heavy atom. The molecular formula is C23H26F3N5O3. The van der Waals surface area contributed by atoms with Crippen LogP contribution >= 0.6 is 0 Å². The van der Waals surface area contributed by atoms with Gasteiger partial charge < -0.3 is 20.0 Å². The summed E-state index contributed by atoms with van der Waals surface area (Å²) in [5.41, 5.74) is 4.54. The van der Waals surface area contributed by atoms with Crippen LogP contribution in [-0.4, -0.2) is 55.2 Å². The number of carbonyl (C=O) groups is 2. The van der Waals surface area contributed by atoms with E-state index in [0.29, 0.717) is 6.04 Å². The first-order chi connectivity index (χ1) is 16.1. The van der Waals surface area contributed by atoms with Gasteiger partial charge in [0, 0.05) is 49.8 Å². The number of H-pyrrole nitrogens is 1. The first kappa shape index (κ1) is 23.8. The zero-order chi connectivity index (χ0) is 24.5. The number of nitrogens with one attached hydrogen (secondary N) is 2. The normalized spacial score (nSPS) is 18.5. The first-order valence-corrected chi connectivity index (χ1v) is 11.0. The summed E-state index contributed by atoms with van der Waals surface area (Å²) in [5, 5.41) is 11.6. The molecule has 2 aromatic heterocycles. The molecule has 1 unspecified atom stereocenters. The molecule has 0 bridgehead atoms. The van der Waals surface area contributed by atoms with Gasteiger partial charge in [0.15, 0.2) is 0 Å². The number of aliphatic carboxylic acids is 1. The van der Waals surface area contributed by atoms with E-state index in [9.17, 15) is 18.0 Å². The third-order valence-electron chi connectivity index (χ3n) is 6.30. The number of aromatic nitrogens is 3. The predicted molar refractivity (Wildman–Crippen MR) is 118 cm³/mol. The van der Waals surface area contributed by atoms with E-state index in [1.54, 1.807) is 0 Å². The molecule has 1 aromatic carbocycles. The van der Waals surface area contributed by atoms with Crippen molar-refractivity contribution in [2.45, 2.75) is 50.5 Å². The SMILES string of the molecule is Cn1cnc2c1C(C(=O)NC1CCC1)CN(Cc1cccc3[nH]ccc13)C2.O=C(O)C(F)(F)F. The van der Waals surface area contributed by atoms with E-state index in [2.05, 4.69) is 44.5 Å². The van der Waals surface area contributed by atoms with Crippen LogP contribution in [0, 0.1) is 0 Å². The molecule has 8 nitrogen and oxygen atoms in total. The monoisotopic (exact) mass is 477 g/mol. The summed E-state index contributed by atoms with van der Waals surface area (Å²) in [6.45, 7) is 2.33. The van der Waals surface area contributed by atoms with Crippen molar-refractivity contribution in [1.29, 1.82) is 0 Å². The van der Waals surface area contributed by atoms with Crippen LogP contribution in [0.4, 0.5) is 13.2 Å². The second kappa shape index (κ2) is 9.49. The van der Waals surface area contributed by atoms with Crippen LogP contribution in [0.15, 0.2) is 36.8 Å². The molecule has 3 aromatic rings. The van der Waals surface area contributed by atoms with E-state index in [4.69, 9.17) is 9.90 Å². The van der Waals surface area contributed by atoms with Crippen LogP contribution < -0.4 is 5.32 Å². The largest absolute Gasteiger partial charge is 0.490 e. The summed E-state index contributed by atoms with van der Waals surface area (Å²) in [5.74, 6) is -2.77. The summed E-state index contributed by atoms with van der Waals surface area (Å²) in [4.78, 5) is 32.1. The number of halogens is 3. The Hall–Kier alpha value is -3.34. The molecule has 1 aliphatic heterocycles. The van der Waals surface area contributed by atoms with Crippen LogP contribution in [0.1, 0.15) is 42.1 Å². The second-order valence-electron chi connectivity index (χ2n) is 8.70. The maximum Gasteiger partial charge on any atom is 0.490 e. The van der Waals surface area contributed by atoms with Gasteiger partial charge in [0.05, 0.1) is 23.6 Å². The van der Waals surface area contributed by atoms with Gasteiger partial charge in [-0.05, 0) is 37.0 Å². The number of carboxylic acid groups (broad SMARTS) is 1. The number of fused-ring (bicyclic) bond motifs is 2. The molecule has 1 amide bonds. The summed E-state index contributed by atoms with van der Waals surface area (Å²) in [7, 11) is 1.99. The van der Waals surface area contributed by atoms with Gasteiger partial charge in [-0.2, -0.15) is 13.2 Å². The first-order valence-electron chi connectivity index (χ1n) is 11.0. The molecule has 34 heavy (non-hydrogen) atoms. The highest BCUT2D eigenvalue weighted by Crippen LogP contribution is 2.30. The van der Waals surface area contributed by atoms with Crippen molar-refractivity contribution in [3.8, 4) is 0 Å². The van der Waals surface area contributed by atoms with Gasteiger partial charge in [0.25, 0.3) is 0 Å². The number of hydrogen-bond acceptors (Lipinski definition) is 4. The van der Waals surface area contributed by atoms with Crippen LogP contribution in [0.25, 0.3) is 10.9 Å². The van der Waals surface area contributed by atoms with Gasteiger partial charge in [-0.15, -0.1) is 0 Å². The van der Waals surface area contributed by atoms with Crippen molar-refractivity contribution in [1.82, 2.24) is 24.8 Å². The molecule has 182 valence electrons. The van der Waals surface area contributed by atoms with Crippen molar-refractivity contribution in [2.24, 2.45) is 7.05 Å². The Kier molecular flexibility index (Phi) is 6.65. The number of carboxylic acids is 1. The lowest BCUT2D eigenvalue weighted by Gasteiger charge is -2.34. The van der Waals surface area contributed by atoms with E-state index in [1.165, 1.54) is 17.4 Å². The second-order valence-corrected chi connectivity index (χ2v) is 8.70. The highest BCUT2D eigenvalue weighted by Gasteiger charge is 2.38. The quantitative estimate of drug-likeness (QED) is 0.535. The van der Waals surface area contributed by atoms with Gasteiger partial charge in [-0.3, -0.25) is 9.69 Å². The molecule has 0 saturated heterocycles. The Morgan fingerprint density at radius 2 is 2.00 bits per heavy atom. The Balaban J connectivity index is 0.000000344. The fraction of sp³-hybridized carbons (Fsp3) is 0.435. The Bertz CT molecular complexity index is 1180. The van der Waals surface area contributed by atoms with Gasteiger partial charge in [0.1, 0.15) is 0 Å². The number of carbonyl (C=O) groups excluding carboxylic acids is 1. The van der Waals surface area contributed by atoms with Crippen molar-refractivity contribution in [2.75, 3.05) is 6.54 Å². The number of benzene rings is 1. The zero-order valence-corrected chi connectivity index (χ0v) is 18.6. The number of rotatable bonds is 4. The van der Waals surface area contributed by atoms with Crippen LogP contribution in [0.5, 0.6) is 0 Å². The Labute approximate surface area is 193 Å². The number of nitrogens with zero attached hydrogens (tertiary/aromatic N) is 3. The molecule has 1 fully saturated rings. The molecular weight excluding hydrogens is 451 g/mol. The number of aryl methyl sites for hydroxylation is 1. The Morgan fingerprint density at radius 1 is 1.26 bits per heavy atom. The number of imidazole rings is 1. The minimum absolute atomic E-state index is 0.147. The molecule has 1 atom stereocenters. The third-order valence-corrected chi connectivity index (χ3v) is 6.30. The smallest absolute Gasteiger partial charge is 0.475 e. The van der Waals surface area contributed by atoms with Crippen molar-refractivity contribution >= 4 is 22.8 Å². The van der Waals surface area contributed by atoms with Crippen LogP contribution in [0.2, 0.25) is 0 Å². The molecule has 1 aliphatic carbocycles. The zero-order valence-electron chi connectivity index (χ0n) is 18.6. The van der Waals surface area contributed by atoms with Crippen LogP contribution in [-0.2, 0) is 29.7 Å². The molecule has 3 heterocycles. The van der Waals surface area contributed by atoms with Gasteiger partial charge in [0.2, 0.25) is 5.91 Å². The van der Waals surface area contributed by atoms with E-state index < -0.39 is 12.1 Å². The van der Waals surface area contributed by atoms with E-state index in [0.717, 1.165) is 49.4 Å². The van der Waals surface area contributed by atoms with Gasteiger partial charge in [-0.25, -0.2) is 9.78 Å². The summed E-state index contributed by atoms with van der Waals surface area (Å²) in [6, 6.07) is 8.85. The topological polar surface area (TPSA) is 103 Å². The lowest BCUT2D eigenvalue weighted by atomic mass is 9.91. The molecule has 0 radical (unpaired) electrons. The number of aromatic amines is 1. The highest BCUT2D eigenvalue weighted by molar-refractivity contribution is 5.85. The fourth-order valence-corrected chi connectivity index (χ4v) is 4.39. The number of alkyl halides is 3. The molecule has 3 N–H and O–H groups in total. The van der Waals surface area contributed by atoms with Crippen LogP contribution in [0.3, 0.4) is 0 Å². The van der Waals surface area contributed by atoms with E-state index in [-0.39, 0.29) is 11.8 Å². The molecule has 5 rings (SSSR count). The predicted octanol–water partition coefficient (Wildman–Crippen LogP) is 3.30. The molecule has 1 saturated carbocycles.